The van der Waals surface area contributed by atoms with Crippen LogP contribution in [0.5, 0.6) is 0 Å². The number of aryl methyl sites for hydroxylation is 1. The lowest BCUT2D eigenvalue weighted by molar-refractivity contribution is 0.177. The van der Waals surface area contributed by atoms with E-state index in [0.29, 0.717) is 6.42 Å². The predicted molar refractivity (Wildman–Crippen MR) is 73.1 cm³/mol. The minimum atomic E-state index is -0.520. The number of aromatic nitrogens is 3. The van der Waals surface area contributed by atoms with Gasteiger partial charge in [-0.1, -0.05) is 17.3 Å². The van der Waals surface area contributed by atoms with Crippen molar-refractivity contribution in [3.05, 3.63) is 41.2 Å². The number of rotatable bonds is 3. The first kappa shape index (κ1) is 12.2. The Hall–Kier alpha value is -1.88. The highest BCUT2D eigenvalue weighted by molar-refractivity contribution is 5.58. The molecule has 0 saturated heterocycles. The Bertz CT molecular complexity index is 593. The SMILES string of the molecule is CN1CCc2cc(C(O)Cc3cn(C)nn3)ccc21. The number of likely N-dealkylation sites (N-methyl/N-ethyl adjacent to an activating group) is 1. The summed E-state index contributed by atoms with van der Waals surface area (Å²) in [6.45, 7) is 1.05. The third kappa shape index (κ3) is 2.33. The van der Waals surface area contributed by atoms with Crippen LogP contribution >= 0.6 is 0 Å². The molecule has 100 valence electrons. The largest absolute Gasteiger partial charge is 0.388 e. The topological polar surface area (TPSA) is 54.2 Å². The van der Waals surface area contributed by atoms with Crippen LogP contribution in [0.25, 0.3) is 0 Å². The van der Waals surface area contributed by atoms with E-state index in [0.717, 1.165) is 24.2 Å². The summed E-state index contributed by atoms with van der Waals surface area (Å²) >= 11 is 0. The first-order valence-corrected chi connectivity index (χ1v) is 6.51. The molecule has 0 radical (unpaired) electrons. The fourth-order valence-corrected chi connectivity index (χ4v) is 2.60. The van der Waals surface area contributed by atoms with Crippen LogP contribution < -0.4 is 4.90 Å². The van der Waals surface area contributed by atoms with Gasteiger partial charge < -0.3 is 10.0 Å². The van der Waals surface area contributed by atoms with Gasteiger partial charge in [0.25, 0.3) is 0 Å². The van der Waals surface area contributed by atoms with Crippen molar-refractivity contribution in [1.82, 2.24) is 15.0 Å². The second-order valence-corrected chi connectivity index (χ2v) is 5.16. The molecule has 1 atom stereocenters. The molecular formula is C14H18N4O. The maximum atomic E-state index is 10.3. The summed E-state index contributed by atoms with van der Waals surface area (Å²) in [5.74, 6) is 0. The number of nitrogens with zero attached hydrogens (tertiary/aromatic N) is 4. The lowest BCUT2D eigenvalue weighted by Crippen LogP contribution is -2.12. The van der Waals surface area contributed by atoms with E-state index in [2.05, 4.69) is 34.4 Å². The molecule has 0 amide bonds. The fourth-order valence-electron chi connectivity index (χ4n) is 2.60. The van der Waals surface area contributed by atoms with Gasteiger partial charge in [-0.15, -0.1) is 5.10 Å². The summed E-state index contributed by atoms with van der Waals surface area (Å²) in [7, 11) is 3.93. The van der Waals surface area contributed by atoms with Crippen molar-refractivity contribution < 1.29 is 5.11 Å². The van der Waals surface area contributed by atoms with Crippen molar-refractivity contribution >= 4 is 5.69 Å². The summed E-state index contributed by atoms with van der Waals surface area (Å²) < 4.78 is 1.65. The van der Waals surface area contributed by atoms with Crippen molar-refractivity contribution in [2.24, 2.45) is 7.05 Å². The zero-order valence-corrected chi connectivity index (χ0v) is 11.2. The zero-order chi connectivity index (χ0) is 13.4. The summed E-state index contributed by atoms with van der Waals surface area (Å²) in [5.41, 5.74) is 4.36. The molecule has 19 heavy (non-hydrogen) atoms. The standard InChI is InChI=1S/C14H18N4O/c1-17-6-5-10-7-11(3-4-13(10)17)14(19)8-12-9-18(2)16-15-12/h3-4,7,9,14,19H,5-6,8H2,1-2H3. The van der Waals surface area contributed by atoms with Gasteiger partial charge in [-0.2, -0.15) is 0 Å². The second kappa shape index (κ2) is 4.66. The van der Waals surface area contributed by atoms with Gasteiger partial charge in [0, 0.05) is 38.9 Å². The first-order chi connectivity index (χ1) is 9.13. The molecular weight excluding hydrogens is 240 g/mol. The molecule has 3 rings (SSSR count). The number of anilines is 1. The number of hydrogen-bond donors (Lipinski definition) is 1. The Morgan fingerprint density at radius 1 is 1.37 bits per heavy atom. The van der Waals surface area contributed by atoms with Crippen LogP contribution in [0.4, 0.5) is 5.69 Å². The predicted octanol–water partition coefficient (Wildman–Crippen LogP) is 1.08. The van der Waals surface area contributed by atoms with Gasteiger partial charge in [0.05, 0.1) is 11.8 Å². The van der Waals surface area contributed by atoms with E-state index in [1.165, 1.54) is 11.3 Å². The third-order valence-corrected chi connectivity index (χ3v) is 3.67. The fraction of sp³-hybridized carbons (Fsp3) is 0.429. The van der Waals surface area contributed by atoms with E-state index in [1.807, 2.05) is 19.3 Å². The van der Waals surface area contributed by atoms with E-state index < -0.39 is 6.10 Å². The Balaban J connectivity index is 1.79. The van der Waals surface area contributed by atoms with Gasteiger partial charge in [0.1, 0.15) is 0 Å². The van der Waals surface area contributed by atoms with Crippen LogP contribution in [0, 0.1) is 0 Å². The average Bonchev–Trinajstić information content (AvgIpc) is 2.96. The van der Waals surface area contributed by atoms with E-state index in [9.17, 15) is 5.11 Å². The molecule has 0 aliphatic carbocycles. The van der Waals surface area contributed by atoms with Crippen molar-refractivity contribution in [2.45, 2.75) is 18.9 Å². The maximum Gasteiger partial charge on any atom is 0.0856 e. The Morgan fingerprint density at radius 2 is 2.21 bits per heavy atom. The number of fused-ring (bicyclic) bond motifs is 1. The maximum absolute atomic E-state index is 10.3. The van der Waals surface area contributed by atoms with Crippen molar-refractivity contribution in [1.29, 1.82) is 0 Å². The highest BCUT2D eigenvalue weighted by Crippen LogP contribution is 2.30. The molecule has 5 heteroatoms. The summed E-state index contributed by atoms with van der Waals surface area (Å²) in [4.78, 5) is 2.24. The molecule has 5 nitrogen and oxygen atoms in total. The first-order valence-electron chi connectivity index (χ1n) is 6.51. The van der Waals surface area contributed by atoms with Crippen molar-refractivity contribution in [3.63, 3.8) is 0 Å². The molecule has 2 heterocycles. The Labute approximate surface area is 112 Å². The quantitative estimate of drug-likeness (QED) is 0.895. The molecule has 1 N–H and O–H groups in total. The van der Waals surface area contributed by atoms with E-state index in [1.54, 1.807) is 4.68 Å². The van der Waals surface area contributed by atoms with Crippen LogP contribution in [0.1, 0.15) is 22.9 Å². The molecule has 0 fully saturated rings. The highest BCUT2D eigenvalue weighted by Gasteiger charge is 2.18. The monoisotopic (exact) mass is 258 g/mol. The van der Waals surface area contributed by atoms with Gasteiger partial charge in [-0.25, -0.2) is 0 Å². The van der Waals surface area contributed by atoms with Crippen LogP contribution in [0.15, 0.2) is 24.4 Å². The van der Waals surface area contributed by atoms with Gasteiger partial charge >= 0.3 is 0 Å². The van der Waals surface area contributed by atoms with Crippen LogP contribution in [0.3, 0.4) is 0 Å². The molecule has 1 aliphatic rings. The highest BCUT2D eigenvalue weighted by atomic mass is 16.3. The molecule has 1 unspecified atom stereocenters. The minimum Gasteiger partial charge on any atom is -0.388 e. The minimum absolute atomic E-state index is 0.502. The number of aliphatic hydroxyl groups excluding tert-OH is 1. The number of benzene rings is 1. The molecule has 1 aromatic carbocycles. The third-order valence-electron chi connectivity index (χ3n) is 3.67. The van der Waals surface area contributed by atoms with E-state index >= 15 is 0 Å². The van der Waals surface area contributed by atoms with Gasteiger partial charge in [0.15, 0.2) is 0 Å². The van der Waals surface area contributed by atoms with Gasteiger partial charge in [-0.3, -0.25) is 4.68 Å². The van der Waals surface area contributed by atoms with E-state index in [-0.39, 0.29) is 0 Å². The molecule has 0 bridgehead atoms. The number of hydrogen-bond acceptors (Lipinski definition) is 4. The summed E-state index contributed by atoms with van der Waals surface area (Å²) in [5, 5.41) is 18.2. The second-order valence-electron chi connectivity index (χ2n) is 5.16. The lowest BCUT2D eigenvalue weighted by Gasteiger charge is -2.14. The van der Waals surface area contributed by atoms with Gasteiger partial charge in [0.2, 0.25) is 0 Å². The van der Waals surface area contributed by atoms with Gasteiger partial charge in [-0.05, 0) is 23.6 Å². The molecule has 2 aromatic rings. The average molecular weight is 258 g/mol. The lowest BCUT2D eigenvalue weighted by atomic mass is 10.0. The molecule has 0 saturated carbocycles. The normalized spacial score (nSPS) is 15.6. The number of aliphatic hydroxyl groups is 1. The molecule has 1 aliphatic heterocycles. The molecule has 0 spiro atoms. The van der Waals surface area contributed by atoms with E-state index in [4.69, 9.17) is 0 Å². The van der Waals surface area contributed by atoms with Crippen LogP contribution in [0.2, 0.25) is 0 Å². The van der Waals surface area contributed by atoms with Crippen molar-refractivity contribution in [2.75, 3.05) is 18.5 Å². The van der Waals surface area contributed by atoms with Crippen LogP contribution in [-0.2, 0) is 19.9 Å². The summed E-state index contributed by atoms with van der Waals surface area (Å²) in [6.07, 6.45) is 2.87. The Kier molecular flexibility index (Phi) is 2.98. The zero-order valence-electron chi connectivity index (χ0n) is 11.2. The Morgan fingerprint density at radius 3 is 2.95 bits per heavy atom. The van der Waals surface area contributed by atoms with Crippen LogP contribution in [-0.4, -0.2) is 33.7 Å². The smallest absolute Gasteiger partial charge is 0.0856 e. The molecule has 1 aromatic heterocycles. The summed E-state index contributed by atoms with van der Waals surface area (Å²) in [6, 6.07) is 6.21. The van der Waals surface area contributed by atoms with Crippen molar-refractivity contribution in [3.8, 4) is 0 Å².